The SMILES string of the molecule is CSc1ccc(-c2csc3c(OC4CCN(C5=NCNN5)CC4)ncnc23)c(F)c1. The number of piperidine rings is 1. The van der Waals surface area contributed by atoms with Gasteiger partial charge in [-0.3, -0.25) is 5.43 Å². The summed E-state index contributed by atoms with van der Waals surface area (Å²) < 4.78 is 21.8. The third-order valence-electron chi connectivity index (χ3n) is 5.32. The molecule has 4 heterocycles. The maximum absolute atomic E-state index is 14.7. The maximum Gasteiger partial charge on any atom is 0.235 e. The second-order valence-corrected chi connectivity index (χ2v) is 8.86. The highest BCUT2D eigenvalue weighted by molar-refractivity contribution is 7.98. The number of ether oxygens (including phenoxy) is 1. The molecule has 10 heteroatoms. The van der Waals surface area contributed by atoms with Gasteiger partial charge in [-0.25, -0.2) is 24.8 Å². The summed E-state index contributed by atoms with van der Waals surface area (Å²) in [6, 6.07) is 5.31. The monoisotopic (exact) mass is 444 g/mol. The number of benzene rings is 1. The Balaban J connectivity index is 1.35. The number of guanidine groups is 1. The Morgan fingerprint density at radius 1 is 1.23 bits per heavy atom. The predicted molar refractivity (Wildman–Crippen MR) is 118 cm³/mol. The Morgan fingerprint density at radius 2 is 2.10 bits per heavy atom. The number of hydrogen-bond acceptors (Lipinski definition) is 9. The van der Waals surface area contributed by atoms with Gasteiger partial charge in [0.25, 0.3) is 0 Å². The molecular weight excluding hydrogens is 423 g/mol. The number of aliphatic imine (C=N–C) groups is 1. The quantitative estimate of drug-likeness (QED) is 0.597. The van der Waals surface area contributed by atoms with Crippen LogP contribution in [-0.2, 0) is 0 Å². The zero-order valence-electron chi connectivity index (χ0n) is 16.4. The molecular formula is C20H21FN6OS2. The topological polar surface area (TPSA) is 74.7 Å². The number of thiophene rings is 1. The van der Waals surface area contributed by atoms with Gasteiger partial charge in [-0.2, -0.15) is 0 Å². The molecule has 30 heavy (non-hydrogen) atoms. The van der Waals surface area contributed by atoms with Crippen LogP contribution in [0.25, 0.3) is 21.3 Å². The molecule has 0 atom stereocenters. The number of thioether (sulfide) groups is 1. The van der Waals surface area contributed by atoms with Crippen LogP contribution in [0, 0.1) is 5.82 Å². The Morgan fingerprint density at radius 3 is 2.83 bits per heavy atom. The van der Waals surface area contributed by atoms with Crippen LogP contribution in [0.3, 0.4) is 0 Å². The fourth-order valence-corrected chi connectivity index (χ4v) is 5.12. The van der Waals surface area contributed by atoms with Crippen molar-refractivity contribution in [3.05, 3.63) is 35.7 Å². The lowest BCUT2D eigenvalue weighted by Crippen LogP contribution is -2.47. The molecule has 1 saturated heterocycles. The Kier molecular flexibility index (Phi) is 5.45. The lowest BCUT2D eigenvalue weighted by molar-refractivity contribution is 0.126. The third kappa shape index (κ3) is 3.70. The van der Waals surface area contributed by atoms with E-state index < -0.39 is 0 Å². The highest BCUT2D eigenvalue weighted by Gasteiger charge is 2.25. The van der Waals surface area contributed by atoms with Gasteiger partial charge in [0.05, 0.1) is 5.52 Å². The Labute approximate surface area is 181 Å². The van der Waals surface area contributed by atoms with Crippen molar-refractivity contribution in [3.8, 4) is 17.0 Å². The van der Waals surface area contributed by atoms with E-state index in [4.69, 9.17) is 4.74 Å². The zero-order chi connectivity index (χ0) is 20.5. The molecule has 0 amide bonds. The number of hydrogen-bond donors (Lipinski definition) is 2. The van der Waals surface area contributed by atoms with Gasteiger partial charge in [-0.05, 0) is 18.4 Å². The molecule has 7 nitrogen and oxygen atoms in total. The Bertz CT molecular complexity index is 1100. The van der Waals surface area contributed by atoms with Gasteiger partial charge >= 0.3 is 0 Å². The largest absolute Gasteiger partial charge is 0.473 e. The Hall–Kier alpha value is -2.43. The zero-order valence-corrected chi connectivity index (χ0v) is 18.0. The van der Waals surface area contributed by atoms with E-state index in [1.807, 2.05) is 23.8 Å². The van der Waals surface area contributed by atoms with E-state index >= 15 is 0 Å². The molecule has 2 N–H and O–H groups in total. The van der Waals surface area contributed by atoms with Crippen LogP contribution in [0.4, 0.5) is 4.39 Å². The summed E-state index contributed by atoms with van der Waals surface area (Å²) in [7, 11) is 0. The van der Waals surface area contributed by atoms with Gasteiger partial charge in [0.15, 0.2) is 0 Å². The number of aromatic nitrogens is 2. The summed E-state index contributed by atoms with van der Waals surface area (Å²) in [4.78, 5) is 16.3. The number of hydrazine groups is 1. The first kappa shape index (κ1) is 19.5. The molecule has 5 rings (SSSR count). The van der Waals surface area contributed by atoms with E-state index in [1.54, 1.807) is 6.07 Å². The molecule has 2 aromatic heterocycles. The molecule has 0 spiro atoms. The highest BCUT2D eigenvalue weighted by Crippen LogP contribution is 2.38. The first-order chi connectivity index (χ1) is 14.7. The minimum Gasteiger partial charge on any atom is -0.473 e. The summed E-state index contributed by atoms with van der Waals surface area (Å²) in [6.07, 6.45) is 5.28. The van der Waals surface area contributed by atoms with Crippen molar-refractivity contribution in [2.24, 2.45) is 4.99 Å². The average molecular weight is 445 g/mol. The molecule has 0 aliphatic carbocycles. The highest BCUT2D eigenvalue weighted by atomic mass is 32.2. The van der Waals surface area contributed by atoms with Crippen LogP contribution in [0.1, 0.15) is 12.8 Å². The predicted octanol–water partition coefficient (Wildman–Crippen LogP) is 3.48. The van der Waals surface area contributed by atoms with Gasteiger partial charge in [0, 0.05) is 47.3 Å². The number of halogens is 1. The van der Waals surface area contributed by atoms with Crippen LogP contribution in [0.2, 0.25) is 0 Å². The van der Waals surface area contributed by atoms with Crippen molar-refractivity contribution in [2.45, 2.75) is 23.8 Å². The van der Waals surface area contributed by atoms with Crippen molar-refractivity contribution in [3.63, 3.8) is 0 Å². The summed E-state index contributed by atoms with van der Waals surface area (Å²) in [5, 5.41) is 1.93. The molecule has 0 bridgehead atoms. The van der Waals surface area contributed by atoms with Crippen LogP contribution in [-0.4, -0.2) is 52.9 Å². The smallest absolute Gasteiger partial charge is 0.235 e. The molecule has 1 aromatic carbocycles. The summed E-state index contributed by atoms with van der Waals surface area (Å²) in [5.41, 5.74) is 8.14. The van der Waals surface area contributed by atoms with Crippen molar-refractivity contribution in [1.82, 2.24) is 25.7 Å². The van der Waals surface area contributed by atoms with Crippen molar-refractivity contribution >= 4 is 39.3 Å². The molecule has 0 radical (unpaired) electrons. The number of likely N-dealkylation sites (tertiary alicyclic amines) is 1. The molecule has 156 valence electrons. The molecule has 3 aromatic rings. The molecule has 2 aliphatic rings. The van der Waals surface area contributed by atoms with Gasteiger partial charge in [-0.15, -0.1) is 23.1 Å². The van der Waals surface area contributed by atoms with E-state index in [-0.39, 0.29) is 11.9 Å². The van der Waals surface area contributed by atoms with E-state index in [0.717, 1.165) is 52.6 Å². The van der Waals surface area contributed by atoms with Gasteiger partial charge < -0.3 is 9.64 Å². The molecule has 2 aliphatic heterocycles. The van der Waals surface area contributed by atoms with E-state index in [9.17, 15) is 4.39 Å². The van der Waals surface area contributed by atoms with Crippen LogP contribution >= 0.6 is 23.1 Å². The average Bonchev–Trinajstić information content (AvgIpc) is 3.45. The van der Waals surface area contributed by atoms with Crippen molar-refractivity contribution in [1.29, 1.82) is 0 Å². The van der Waals surface area contributed by atoms with Crippen molar-refractivity contribution in [2.75, 3.05) is 26.0 Å². The minimum absolute atomic E-state index is 0.0810. The lowest BCUT2D eigenvalue weighted by atomic mass is 10.1. The second-order valence-electron chi connectivity index (χ2n) is 7.10. The van der Waals surface area contributed by atoms with Gasteiger partial charge in [0.2, 0.25) is 11.8 Å². The number of nitrogens with zero attached hydrogens (tertiary/aromatic N) is 4. The summed E-state index contributed by atoms with van der Waals surface area (Å²) in [6.45, 7) is 2.34. The van der Waals surface area contributed by atoms with E-state index in [2.05, 4.69) is 30.7 Å². The summed E-state index contributed by atoms with van der Waals surface area (Å²) in [5.74, 6) is 1.23. The first-order valence-corrected chi connectivity index (χ1v) is 11.8. The van der Waals surface area contributed by atoms with Crippen LogP contribution in [0.5, 0.6) is 5.88 Å². The minimum atomic E-state index is -0.243. The second kappa shape index (κ2) is 8.37. The standard InChI is InChI=1S/C20H21FN6OS2/c1-29-13-2-3-14(16(21)8-13)15-9-30-18-17(15)22-10-23-19(18)28-12-4-6-27(7-5-12)20-24-11-25-26-20/h2-3,8-10,12,25H,4-7,11H2,1H3,(H,24,26). The molecule has 1 fully saturated rings. The maximum atomic E-state index is 14.7. The lowest BCUT2D eigenvalue weighted by Gasteiger charge is -2.32. The number of nitrogens with one attached hydrogen (secondary N) is 2. The molecule has 0 unspecified atom stereocenters. The van der Waals surface area contributed by atoms with E-state index in [1.165, 1.54) is 29.4 Å². The fraction of sp³-hybridized carbons (Fsp3) is 0.350. The number of fused-ring (bicyclic) bond motifs is 1. The van der Waals surface area contributed by atoms with Crippen LogP contribution in [0.15, 0.2) is 39.8 Å². The van der Waals surface area contributed by atoms with Crippen LogP contribution < -0.4 is 15.6 Å². The number of rotatable bonds is 4. The van der Waals surface area contributed by atoms with Gasteiger partial charge in [-0.1, -0.05) is 6.07 Å². The van der Waals surface area contributed by atoms with Crippen molar-refractivity contribution < 1.29 is 9.13 Å². The first-order valence-electron chi connectivity index (χ1n) is 9.74. The third-order valence-corrected chi connectivity index (χ3v) is 7.00. The normalized spacial score (nSPS) is 17.3. The molecule has 0 saturated carbocycles. The van der Waals surface area contributed by atoms with E-state index in [0.29, 0.717) is 18.1 Å². The van der Waals surface area contributed by atoms with Gasteiger partial charge in [0.1, 0.15) is 29.6 Å². The summed E-state index contributed by atoms with van der Waals surface area (Å²) >= 11 is 3.02. The fourth-order valence-electron chi connectivity index (χ4n) is 3.74.